The number of alkyl halides is 1. The fourth-order valence-electron chi connectivity index (χ4n) is 2.75. The van der Waals surface area contributed by atoms with Gasteiger partial charge in [0.2, 0.25) is 0 Å². The molecular weight excluding hydrogens is 299 g/mol. The smallest absolute Gasteiger partial charge is 0.317 e. The lowest BCUT2D eigenvalue weighted by molar-refractivity contribution is 0.00952. The number of amides is 2. The molecule has 6 nitrogen and oxygen atoms in total. The molecule has 2 N–H and O–H groups in total. The molecule has 1 fully saturated rings. The predicted octanol–water partition coefficient (Wildman–Crippen LogP) is 2.14. The van der Waals surface area contributed by atoms with Gasteiger partial charge < -0.3 is 19.9 Å². The number of rotatable bonds is 4. The molecule has 0 saturated carbocycles. The molecule has 2 heterocycles. The van der Waals surface area contributed by atoms with Crippen molar-refractivity contribution in [2.45, 2.75) is 32.7 Å². The Morgan fingerprint density at radius 2 is 2.35 bits per heavy atom. The first-order valence-corrected chi connectivity index (χ1v) is 7.80. The maximum atomic E-state index is 14.0. The average molecular weight is 320 g/mol. The summed E-state index contributed by atoms with van der Waals surface area (Å²) in [6.07, 6.45) is -1.79. The number of likely N-dealkylation sites (tertiary alicyclic amines) is 1. The molecule has 7 heteroatoms. The lowest BCUT2D eigenvalue weighted by Gasteiger charge is -2.16. The highest BCUT2D eigenvalue weighted by Crippen LogP contribution is 2.19. The molecule has 0 aliphatic carbocycles. The van der Waals surface area contributed by atoms with Gasteiger partial charge >= 0.3 is 6.03 Å². The summed E-state index contributed by atoms with van der Waals surface area (Å²) < 4.78 is 19.7. The minimum atomic E-state index is -1.18. The van der Waals surface area contributed by atoms with Crippen molar-refractivity contribution in [3.63, 3.8) is 0 Å². The van der Waals surface area contributed by atoms with E-state index in [2.05, 4.69) is 15.3 Å². The largest absolute Gasteiger partial charge is 0.365 e. The van der Waals surface area contributed by atoms with Crippen LogP contribution in [0.5, 0.6) is 0 Å². The van der Waals surface area contributed by atoms with Crippen molar-refractivity contribution in [3.05, 3.63) is 29.6 Å². The zero-order valence-corrected chi connectivity index (χ0v) is 13.3. The minimum Gasteiger partial charge on any atom is -0.365 e. The van der Waals surface area contributed by atoms with Crippen LogP contribution >= 0.6 is 0 Å². The van der Waals surface area contributed by atoms with E-state index in [0.717, 1.165) is 16.6 Å². The number of urea groups is 1. The van der Waals surface area contributed by atoms with Crippen LogP contribution in [0.4, 0.5) is 9.18 Å². The minimum absolute atomic E-state index is 0.0653. The number of aromatic amines is 1. The first kappa shape index (κ1) is 15.7. The fourth-order valence-corrected chi connectivity index (χ4v) is 2.75. The van der Waals surface area contributed by atoms with E-state index < -0.39 is 12.3 Å². The van der Waals surface area contributed by atoms with Crippen molar-refractivity contribution >= 4 is 17.1 Å². The van der Waals surface area contributed by atoms with Crippen LogP contribution in [0.1, 0.15) is 18.3 Å². The number of benzene rings is 1. The Kier molecular flexibility index (Phi) is 4.47. The van der Waals surface area contributed by atoms with Crippen LogP contribution in [0.2, 0.25) is 0 Å². The highest BCUT2D eigenvalue weighted by molar-refractivity contribution is 5.75. The number of H-pyrrole nitrogens is 1. The van der Waals surface area contributed by atoms with Gasteiger partial charge in [-0.2, -0.15) is 0 Å². The third kappa shape index (κ3) is 3.44. The summed E-state index contributed by atoms with van der Waals surface area (Å²) >= 11 is 0. The van der Waals surface area contributed by atoms with Gasteiger partial charge in [0.05, 0.1) is 24.1 Å². The van der Waals surface area contributed by atoms with E-state index in [0.29, 0.717) is 12.4 Å². The van der Waals surface area contributed by atoms with Gasteiger partial charge in [0.15, 0.2) is 0 Å². The van der Waals surface area contributed by atoms with E-state index in [9.17, 15) is 9.18 Å². The van der Waals surface area contributed by atoms with Crippen molar-refractivity contribution in [2.75, 3.05) is 19.6 Å². The molecule has 0 radical (unpaired) electrons. The number of halogens is 1. The maximum absolute atomic E-state index is 14.0. The molecule has 3 rings (SSSR count). The predicted molar refractivity (Wildman–Crippen MR) is 84.9 cm³/mol. The van der Waals surface area contributed by atoms with Gasteiger partial charge in [-0.05, 0) is 31.5 Å². The second kappa shape index (κ2) is 6.54. The first-order chi connectivity index (χ1) is 11.1. The van der Waals surface area contributed by atoms with E-state index in [1.165, 1.54) is 4.90 Å². The number of hydrogen-bond donors (Lipinski definition) is 2. The number of hydrogen-bond acceptors (Lipinski definition) is 3. The third-order valence-corrected chi connectivity index (χ3v) is 3.93. The molecule has 2 amide bonds. The Balaban J connectivity index is 1.60. The molecule has 1 aliphatic heterocycles. The summed E-state index contributed by atoms with van der Waals surface area (Å²) in [7, 11) is 0. The van der Waals surface area contributed by atoms with Gasteiger partial charge in [0.25, 0.3) is 0 Å². The van der Waals surface area contributed by atoms with Crippen molar-refractivity contribution in [3.8, 4) is 0 Å². The molecule has 1 aromatic carbocycles. The second-order valence-corrected chi connectivity index (χ2v) is 5.81. The van der Waals surface area contributed by atoms with Gasteiger partial charge in [-0.3, -0.25) is 0 Å². The fraction of sp³-hybridized carbons (Fsp3) is 0.500. The Morgan fingerprint density at radius 1 is 1.52 bits per heavy atom. The Bertz CT molecular complexity index is 702. The molecule has 1 saturated heterocycles. The Labute approximate surface area is 134 Å². The third-order valence-electron chi connectivity index (χ3n) is 3.93. The number of nitrogens with one attached hydrogen (secondary N) is 2. The lowest BCUT2D eigenvalue weighted by atomic mass is 10.2. The van der Waals surface area contributed by atoms with E-state index in [-0.39, 0.29) is 25.7 Å². The molecule has 0 bridgehead atoms. The summed E-state index contributed by atoms with van der Waals surface area (Å²) in [5, 5.41) is 2.67. The van der Waals surface area contributed by atoms with Crippen LogP contribution in [0.3, 0.4) is 0 Å². The number of imidazole rings is 1. The molecule has 2 aromatic rings. The van der Waals surface area contributed by atoms with E-state index in [1.54, 1.807) is 0 Å². The Morgan fingerprint density at radius 3 is 3.13 bits per heavy atom. The number of aryl methyl sites for hydroxylation is 1. The molecule has 23 heavy (non-hydrogen) atoms. The van der Waals surface area contributed by atoms with Gasteiger partial charge in [-0.1, -0.05) is 6.07 Å². The summed E-state index contributed by atoms with van der Waals surface area (Å²) in [5.41, 5.74) is 2.95. The van der Waals surface area contributed by atoms with Crippen LogP contribution in [0, 0.1) is 6.92 Å². The first-order valence-electron chi connectivity index (χ1n) is 7.80. The van der Waals surface area contributed by atoms with Crippen LogP contribution in [-0.2, 0) is 11.3 Å². The number of carbonyl (C=O) groups is 1. The van der Waals surface area contributed by atoms with Crippen LogP contribution in [0.25, 0.3) is 11.0 Å². The molecule has 0 spiro atoms. The SMILES string of the molecule is CCNC(=O)N1CC(F)C(OCc2nc3ccc(C)cc3[nH]2)C1. The highest BCUT2D eigenvalue weighted by Gasteiger charge is 2.36. The van der Waals surface area contributed by atoms with Crippen LogP contribution in [0.15, 0.2) is 18.2 Å². The van der Waals surface area contributed by atoms with Crippen LogP contribution in [-0.4, -0.2) is 52.8 Å². The molecule has 2 unspecified atom stereocenters. The van der Waals surface area contributed by atoms with Crippen molar-refractivity contribution in [2.24, 2.45) is 0 Å². The van der Waals surface area contributed by atoms with Crippen LogP contribution < -0.4 is 5.32 Å². The highest BCUT2D eigenvalue weighted by atomic mass is 19.1. The number of nitrogens with zero attached hydrogens (tertiary/aromatic N) is 2. The molecule has 2 atom stereocenters. The van der Waals surface area contributed by atoms with Gasteiger partial charge in [0, 0.05) is 6.54 Å². The summed E-state index contributed by atoms with van der Waals surface area (Å²) in [5.74, 6) is 0.661. The number of fused-ring (bicyclic) bond motifs is 1. The normalized spacial score (nSPS) is 21.1. The van der Waals surface area contributed by atoms with E-state index in [1.807, 2.05) is 32.0 Å². The van der Waals surface area contributed by atoms with Gasteiger partial charge in [-0.25, -0.2) is 14.2 Å². The molecule has 1 aliphatic rings. The van der Waals surface area contributed by atoms with Crippen molar-refractivity contribution in [1.29, 1.82) is 0 Å². The van der Waals surface area contributed by atoms with E-state index in [4.69, 9.17) is 4.74 Å². The number of ether oxygens (including phenoxy) is 1. The summed E-state index contributed by atoms with van der Waals surface area (Å²) in [6, 6.07) is 5.69. The summed E-state index contributed by atoms with van der Waals surface area (Å²) in [4.78, 5) is 20.8. The van der Waals surface area contributed by atoms with Crippen molar-refractivity contribution < 1.29 is 13.9 Å². The monoisotopic (exact) mass is 320 g/mol. The topological polar surface area (TPSA) is 70.2 Å². The summed E-state index contributed by atoms with van der Waals surface area (Å²) in [6.45, 7) is 4.89. The number of aromatic nitrogens is 2. The van der Waals surface area contributed by atoms with Gasteiger partial charge in [-0.15, -0.1) is 0 Å². The lowest BCUT2D eigenvalue weighted by Crippen LogP contribution is -2.39. The zero-order valence-electron chi connectivity index (χ0n) is 13.3. The molecule has 1 aromatic heterocycles. The van der Waals surface area contributed by atoms with E-state index >= 15 is 0 Å². The molecular formula is C16H21FN4O2. The quantitative estimate of drug-likeness (QED) is 0.907. The standard InChI is InChI=1S/C16H21FN4O2/c1-3-18-16(22)21-7-11(17)14(8-21)23-9-15-19-12-5-4-10(2)6-13(12)20-15/h4-6,11,14H,3,7-9H2,1-2H3,(H,18,22)(H,19,20). The molecule has 124 valence electrons. The van der Waals surface area contributed by atoms with Crippen molar-refractivity contribution in [1.82, 2.24) is 20.2 Å². The van der Waals surface area contributed by atoms with Gasteiger partial charge in [0.1, 0.15) is 24.7 Å². The second-order valence-electron chi connectivity index (χ2n) is 5.81. The zero-order chi connectivity index (χ0) is 16.4. The number of carbonyl (C=O) groups excluding carboxylic acids is 1. The Hall–Kier alpha value is -2.15. The average Bonchev–Trinajstić information content (AvgIpc) is 3.08. The maximum Gasteiger partial charge on any atom is 0.317 e.